The van der Waals surface area contributed by atoms with Gasteiger partial charge in [-0.3, -0.25) is 0 Å². The zero-order chi connectivity index (χ0) is 16.5. The number of cyclic esters (lactones) is 2. The predicted molar refractivity (Wildman–Crippen MR) is 84.1 cm³/mol. The molecule has 0 spiro atoms. The van der Waals surface area contributed by atoms with Crippen LogP contribution in [0, 0.1) is 3.57 Å². The zero-order valence-electron chi connectivity index (χ0n) is 11.7. The predicted octanol–water partition coefficient (Wildman–Crippen LogP) is 2.12. The first-order valence-electron chi connectivity index (χ1n) is 6.16. The Bertz CT molecular complexity index is 673. The van der Waals surface area contributed by atoms with Gasteiger partial charge in [-0.25, -0.2) is 14.4 Å². The van der Waals surface area contributed by atoms with Crippen molar-refractivity contribution < 1.29 is 29.0 Å². The molecule has 0 atom stereocenters. The molecule has 2 N–H and O–H groups in total. The molecular weight excluding hydrogens is 405 g/mol. The molecule has 0 aliphatic carbocycles. The summed E-state index contributed by atoms with van der Waals surface area (Å²) in [5.41, 5.74) is 0.258. The first-order valence-corrected chi connectivity index (χ1v) is 7.24. The fraction of sp³-hybridized carbons (Fsp3) is 0.214. The molecule has 0 radical (unpaired) electrons. The topological polar surface area (TPSA) is 102 Å². The minimum absolute atomic E-state index is 0.110. The maximum absolute atomic E-state index is 11.8. The quantitative estimate of drug-likeness (QED) is 0.336. The van der Waals surface area contributed by atoms with Gasteiger partial charge in [0.15, 0.2) is 5.57 Å². The number of esters is 2. The van der Waals surface area contributed by atoms with E-state index in [1.165, 1.54) is 19.9 Å². The monoisotopic (exact) mass is 417 g/mol. The van der Waals surface area contributed by atoms with E-state index < -0.39 is 23.7 Å². The molecule has 2 rings (SSSR count). The van der Waals surface area contributed by atoms with Crippen LogP contribution in [-0.2, 0) is 19.1 Å². The molecular formula is C14H12INO6. The summed E-state index contributed by atoms with van der Waals surface area (Å²) in [6.45, 7) is 2.90. The lowest BCUT2D eigenvalue weighted by atomic mass is 10.2. The van der Waals surface area contributed by atoms with Crippen molar-refractivity contribution in [3.8, 4) is 0 Å². The molecule has 1 fully saturated rings. The molecule has 0 unspecified atom stereocenters. The van der Waals surface area contributed by atoms with Crippen LogP contribution in [0.4, 0.5) is 5.69 Å². The lowest BCUT2D eigenvalue weighted by Crippen LogP contribution is -2.42. The van der Waals surface area contributed by atoms with Gasteiger partial charge in [0.2, 0.25) is 0 Å². The average molecular weight is 417 g/mol. The third-order valence-corrected chi connectivity index (χ3v) is 3.88. The van der Waals surface area contributed by atoms with Crippen molar-refractivity contribution in [3.05, 3.63) is 39.1 Å². The van der Waals surface area contributed by atoms with Gasteiger partial charge in [-0.15, -0.1) is 0 Å². The highest BCUT2D eigenvalue weighted by Gasteiger charge is 2.38. The van der Waals surface area contributed by atoms with E-state index >= 15 is 0 Å². The highest BCUT2D eigenvalue weighted by atomic mass is 127. The van der Waals surface area contributed by atoms with E-state index in [0.717, 1.165) is 6.20 Å². The van der Waals surface area contributed by atoms with Gasteiger partial charge in [-0.05, 0) is 34.7 Å². The summed E-state index contributed by atoms with van der Waals surface area (Å²) in [5.74, 6) is -3.99. The van der Waals surface area contributed by atoms with Crippen molar-refractivity contribution >= 4 is 46.2 Å². The van der Waals surface area contributed by atoms with E-state index in [1.54, 1.807) is 12.1 Å². The van der Waals surface area contributed by atoms with Gasteiger partial charge in [0.25, 0.3) is 5.79 Å². The van der Waals surface area contributed by atoms with E-state index in [2.05, 4.69) is 5.32 Å². The molecule has 8 heteroatoms. The Balaban J connectivity index is 2.26. The molecule has 22 heavy (non-hydrogen) atoms. The molecule has 116 valence electrons. The smallest absolute Gasteiger partial charge is 0.350 e. The van der Waals surface area contributed by atoms with Crippen molar-refractivity contribution in [2.75, 3.05) is 5.32 Å². The Morgan fingerprint density at radius 3 is 2.41 bits per heavy atom. The maximum Gasteiger partial charge on any atom is 0.350 e. The number of benzene rings is 1. The summed E-state index contributed by atoms with van der Waals surface area (Å²) < 4.78 is 10.3. The number of hydrogen-bond donors (Lipinski definition) is 2. The minimum Gasteiger partial charge on any atom is -0.478 e. The summed E-state index contributed by atoms with van der Waals surface area (Å²) in [5, 5.41) is 11.8. The number of hydrogen-bond acceptors (Lipinski definition) is 6. The summed E-state index contributed by atoms with van der Waals surface area (Å²) in [4.78, 5) is 34.6. The second-order valence-corrected chi connectivity index (χ2v) is 5.93. The fourth-order valence-electron chi connectivity index (χ4n) is 1.74. The molecule has 7 nitrogen and oxygen atoms in total. The SMILES string of the molecule is CC1(C)OC(=O)C(=CNc2cccc(C(=O)O)c2I)C(=O)O1. The van der Waals surface area contributed by atoms with Gasteiger partial charge >= 0.3 is 17.9 Å². The van der Waals surface area contributed by atoms with Gasteiger partial charge in [-0.2, -0.15) is 0 Å². The van der Waals surface area contributed by atoms with Crippen LogP contribution in [0.2, 0.25) is 0 Å². The van der Waals surface area contributed by atoms with Crippen molar-refractivity contribution in [1.29, 1.82) is 0 Å². The highest BCUT2D eigenvalue weighted by Crippen LogP contribution is 2.25. The molecule has 0 saturated carbocycles. The standard InChI is InChI=1S/C14H12INO6/c1-14(2)21-12(19)8(13(20)22-14)6-16-9-5-3-4-7(10(9)15)11(17)18/h3-6,16H,1-2H3,(H,17,18). The van der Waals surface area contributed by atoms with E-state index in [-0.39, 0.29) is 11.1 Å². The number of halogens is 1. The minimum atomic E-state index is -1.30. The summed E-state index contributed by atoms with van der Waals surface area (Å²) in [6.07, 6.45) is 1.14. The number of carboxylic acids is 1. The fourth-order valence-corrected chi connectivity index (χ4v) is 2.48. The van der Waals surface area contributed by atoms with Gasteiger partial charge in [0.1, 0.15) is 0 Å². The second kappa shape index (κ2) is 5.95. The van der Waals surface area contributed by atoms with Crippen LogP contribution in [0.25, 0.3) is 0 Å². The van der Waals surface area contributed by atoms with Crippen LogP contribution in [0.1, 0.15) is 24.2 Å². The number of rotatable bonds is 3. The third-order valence-electron chi connectivity index (χ3n) is 2.72. The Labute approximate surface area is 139 Å². The molecule has 0 aromatic heterocycles. The first-order chi connectivity index (χ1) is 10.2. The van der Waals surface area contributed by atoms with Crippen LogP contribution in [0.3, 0.4) is 0 Å². The van der Waals surface area contributed by atoms with Crippen molar-refractivity contribution in [2.45, 2.75) is 19.6 Å². The van der Waals surface area contributed by atoms with Crippen molar-refractivity contribution in [1.82, 2.24) is 0 Å². The van der Waals surface area contributed by atoms with Gasteiger partial charge < -0.3 is 19.9 Å². The third kappa shape index (κ3) is 3.38. The summed E-state index contributed by atoms with van der Waals surface area (Å²) in [7, 11) is 0. The van der Waals surface area contributed by atoms with Gasteiger partial charge in [-0.1, -0.05) is 6.07 Å². The molecule has 1 heterocycles. The van der Waals surface area contributed by atoms with Gasteiger partial charge in [0.05, 0.1) is 14.8 Å². The second-order valence-electron chi connectivity index (χ2n) is 4.85. The molecule has 1 saturated heterocycles. The lowest BCUT2D eigenvalue weighted by molar-refractivity contribution is -0.222. The van der Waals surface area contributed by atoms with E-state index in [0.29, 0.717) is 9.26 Å². The number of aromatic carboxylic acids is 1. The van der Waals surface area contributed by atoms with Crippen molar-refractivity contribution in [3.63, 3.8) is 0 Å². The first kappa shape index (κ1) is 16.3. The molecule has 1 aliphatic rings. The number of carbonyl (C=O) groups excluding carboxylic acids is 2. The van der Waals surface area contributed by atoms with Crippen LogP contribution >= 0.6 is 22.6 Å². The Morgan fingerprint density at radius 1 is 1.27 bits per heavy atom. The van der Waals surface area contributed by atoms with E-state index in [9.17, 15) is 14.4 Å². The normalized spacial score (nSPS) is 16.6. The maximum atomic E-state index is 11.8. The highest BCUT2D eigenvalue weighted by molar-refractivity contribution is 14.1. The Kier molecular flexibility index (Phi) is 4.40. The van der Waals surface area contributed by atoms with Crippen molar-refractivity contribution in [2.24, 2.45) is 0 Å². The van der Waals surface area contributed by atoms with Crippen LogP contribution in [-0.4, -0.2) is 28.8 Å². The summed E-state index contributed by atoms with van der Waals surface area (Å²) in [6, 6.07) is 4.62. The lowest BCUT2D eigenvalue weighted by Gasteiger charge is -2.29. The molecule has 1 aromatic rings. The summed E-state index contributed by atoms with van der Waals surface area (Å²) >= 11 is 1.86. The number of anilines is 1. The number of nitrogens with one attached hydrogen (secondary N) is 1. The molecule has 1 aliphatic heterocycles. The molecule has 1 aromatic carbocycles. The Morgan fingerprint density at radius 2 is 1.86 bits per heavy atom. The number of carboxylic acid groups (broad SMARTS) is 1. The average Bonchev–Trinajstić information content (AvgIpc) is 2.37. The van der Waals surface area contributed by atoms with Crippen LogP contribution < -0.4 is 5.32 Å². The van der Waals surface area contributed by atoms with Gasteiger partial charge in [0, 0.05) is 20.0 Å². The van der Waals surface area contributed by atoms with E-state index in [1.807, 2.05) is 22.6 Å². The number of carbonyl (C=O) groups is 3. The molecule has 0 amide bonds. The van der Waals surface area contributed by atoms with Crippen LogP contribution in [0.15, 0.2) is 30.0 Å². The zero-order valence-corrected chi connectivity index (χ0v) is 13.8. The molecule has 0 bridgehead atoms. The largest absolute Gasteiger partial charge is 0.478 e. The Hall–Kier alpha value is -2.10. The van der Waals surface area contributed by atoms with Crippen LogP contribution in [0.5, 0.6) is 0 Å². The van der Waals surface area contributed by atoms with E-state index in [4.69, 9.17) is 14.6 Å². The number of ether oxygens (including phenoxy) is 2.